The molecular formula is C15H23Cl2N3S. The molecule has 6 heteroatoms. The molecule has 0 saturated carbocycles. The van der Waals surface area contributed by atoms with Gasteiger partial charge < -0.3 is 5.32 Å². The van der Waals surface area contributed by atoms with Crippen molar-refractivity contribution in [2.24, 2.45) is 0 Å². The molecule has 1 aromatic carbocycles. The molecule has 3 nitrogen and oxygen atoms in total. The van der Waals surface area contributed by atoms with Crippen molar-refractivity contribution in [1.82, 2.24) is 15.2 Å². The van der Waals surface area contributed by atoms with Crippen molar-refractivity contribution in [3.63, 3.8) is 0 Å². The first-order chi connectivity index (χ1) is 9.36. The van der Waals surface area contributed by atoms with Crippen LogP contribution in [-0.4, -0.2) is 35.6 Å². The first-order valence-electron chi connectivity index (χ1n) is 7.16. The quantitative estimate of drug-likeness (QED) is 0.913. The summed E-state index contributed by atoms with van der Waals surface area (Å²) in [6.45, 7) is 6.64. The molecule has 1 unspecified atom stereocenters. The van der Waals surface area contributed by atoms with Crippen molar-refractivity contribution < 1.29 is 0 Å². The zero-order valence-electron chi connectivity index (χ0n) is 12.2. The number of nitrogens with zero attached hydrogens (tertiary/aromatic N) is 2. The van der Waals surface area contributed by atoms with Gasteiger partial charge in [0, 0.05) is 25.7 Å². The second-order valence-corrected chi connectivity index (χ2v) is 6.31. The van der Waals surface area contributed by atoms with Gasteiger partial charge in [0.25, 0.3) is 0 Å². The van der Waals surface area contributed by atoms with E-state index in [-0.39, 0.29) is 24.8 Å². The number of piperazine rings is 1. The molecule has 1 aliphatic heterocycles. The minimum Gasteiger partial charge on any atom is -0.314 e. The molecule has 21 heavy (non-hydrogen) atoms. The zero-order chi connectivity index (χ0) is 13.1. The van der Waals surface area contributed by atoms with Crippen molar-refractivity contribution in [3.05, 3.63) is 29.3 Å². The molecule has 1 atom stereocenters. The van der Waals surface area contributed by atoms with E-state index in [0.29, 0.717) is 6.04 Å². The predicted octanol–water partition coefficient (Wildman–Crippen LogP) is 3.71. The highest BCUT2D eigenvalue weighted by Crippen LogP contribution is 2.24. The number of halogens is 2. The maximum atomic E-state index is 4.76. The van der Waals surface area contributed by atoms with E-state index in [1.54, 1.807) is 0 Å². The van der Waals surface area contributed by atoms with Gasteiger partial charge in [0.1, 0.15) is 5.01 Å². The number of aromatic nitrogens is 1. The van der Waals surface area contributed by atoms with Crippen LogP contribution in [0.25, 0.3) is 10.2 Å². The first-order valence-corrected chi connectivity index (χ1v) is 7.97. The molecule has 2 heterocycles. The summed E-state index contributed by atoms with van der Waals surface area (Å²) in [5.74, 6) is 0. The Morgan fingerprint density at radius 2 is 2.14 bits per heavy atom. The maximum Gasteiger partial charge on any atom is 0.108 e. The maximum absolute atomic E-state index is 4.76. The second-order valence-electron chi connectivity index (χ2n) is 5.19. The van der Waals surface area contributed by atoms with Crippen LogP contribution in [0.2, 0.25) is 0 Å². The molecule has 1 saturated heterocycles. The summed E-state index contributed by atoms with van der Waals surface area (Å²) in [6.07, 6.45) is 2.53. The average molecular weight is 348 g/mol. The summed E-state index contributed by atoms with van der Waals surface area (Å²) in [5, 5.41) is 4.76. The van der Waals surface area contributed by atoms with Crippen LogP contribution >= 0.6 is 36.2 Å². The third-order valence-corrected chi connectivity index (χ3v) is 4.79. The Hall–Kier alpha value is -0.390. The minimum atomic E-state index is 0. The van der Waals surface area contributed by atoms with Crippen LogP contribution in [0.3, 0.4) is 0 Å². The summed E-state index contributed by atoms with van der Waals surface area (Å²) >= 11 is 1.84. The first kappa shape index (κ1) is 18.7. The second kappa shape index (κ2) is 8.91. The molecule has 0 bridgehead atoms. The van der Waals surface area contributed by atoms with E-state index in [1.165, 1.54) is 22.5 Å². The van der Waals surface area contributed by atoms with Crippen molar-refractivity contribution in [3.8, 4) is 0 Å². The van der Waals surface area contributed by atoms with Crippen molar-refractivity contribution in [2.75, 3.05) is 19.6 Å². The largest absolute Gasteiger partial charge is 0.314 e. The molecule has 0 aliphatic carbocycles. The van der Waals surface area contributed by atoms with Crippen LogP contribution in [0.4, 0.5) is 0 Å². The molecule has 0 amide bonds. The Morgan fingerprint density at radius 1 is 1.33 bits per heavy atom. The molecule has 1 fully saturated rings. The number of benzene rings is 1. The van der Waals surface area contributed by atoms with Gasteiger partial charge in [0.2, 0.25) is 0 Å². The van der Waals surface area contributed by atoms with Crippen molar-refractivity contribution in [2.45, 2.75) is 32.4 Å². The Labute approximate surface area is 143 Å². The van der Waals surface area contributed by atoms with Gasteiger partial charge in [0.15, 0.2) is 0 Å². The molecule has 1 aliphatic rings. The SMILES string of the molecule is CCCC1CNCCN1Cc1nc2ccccc2s1.Cl.Cl. The molecule has 118 valence electrons. The van der Waals surface area contributed by atoms with Gasteiger partial charge in [-0.25, -0.2) is 4.98 Å². The topological polar surface area (TPSA) is 28.2 Å². The molecule has 0 spiro atoms. The zero-order valence-corrected chi connectivity index (χ0v) is 14.7. The van der Waals surface area contributed by atoms with Gasteiger partial charge in [-0.05, 0) is 18.6 Å². The summed E-state index contributed by atoms with van der Waals surface area (Å²) in [6, 6.07) is 9.10. The normalized spacial score (nSPS) is 19.0. The highest BCUT2D eigenvalue weighted by atomic mass is 35.5. The fourth-order valence-electron chi connectivity index (χ4n) is 2.79. The van der Waals surface area contributed by atoms with Crippen LogP contribution in [0.1, 0.15) is 24.8 Å². The van der Waals surface area contributed by atoms with E-state index in [2.05, 4.69) is 41.4 Å². The lowest BCUT2D eigenvalue weighted by atomic mass is 10.1. The Balaban J connectivity index is 0.00000110. The van der Waals surface area contributed by atoms with Crippen molar-refractivity contribution in [1.29, 1.82) is 0 Å². The van der Waals surface area contributed by atoms with Crippen molar-refractivity contribution >= 4 is 46.4 Å². The van der Waals surface area contributed by atoms with Crippen LogP contribution in [0.5, 0.6) is 0 Å². The van der Waals surface area contributed by atoms with E-state index in [0.717, 1.165) is 31.7 Å². The molecule has 1 aromatic heterocycles. The lowest BCUT2D eigenvalue weighted by Crippen LogP contribution is -2.50. The fourth-order valence-corrected chi connectivity index (χ4v) is 3.78. The number of rotatable bonds is 4. The van der Waals surface area contributed by atoms with Gasteiger partial charge in [0.05, 0.1) is 16.8 Å². The smallest absolute Gasteiger partial charge is 0.108 e. The number of nitrogens with one attached hydrogen (secondary N) is 1. The lowest BCUT2D eigenvalue weighted by Gasteiger charge is -2.35. The van der Waals surface area contributed by atoms with Crippen LogP contribution in [0, 0.1) is 0 Å². The number of thiazole rings is 1. The Morgan fingerprint density at radius 3 is 2.90 bits per heavy atom. The van der Waals surface area contributed by atoms with E-state index < -0.39 is 0 Å². The predicted molar refractivity (Wildman–Crippen MR) is 96.1 cm³/mol. The van der Waals surface area contributed by atoms with E-state index >= 15 is 0 Å². The Kier molecular flexibility index (Phi) is 7.92. The molecular weight excluding hydrogens is 325 g/mol. The number of hydrogen-bond donors (Lipinski definition) is 1. The standard InChI is InChI=1S/C15H21N3S.2ClH/c1-2-5-12-10-16-8-9-18(12)11-15-17-13-6-3-4-7-14(13)19-15;;/h3-4,6-7,12,16H,2,5,8-11H2,1H3;2*1H. The number of fused-ring (bicyclic) bond motifs is 1. The fraction of sp³-hybridized carbons (Fsp3) is 0.533. The molecule has 2 aromatic rings. The third kappa shape index (κ3) is 4.54. The number of para-hydroxylation sites is 1. The number of hydrogen-bond acceptors (Lipinski definition) is 4. The van der Waals surface area contributed by atoms with E-state index in [1.807, 2.05) is 11.3 Å². The van der Waals surface area contributed by atoms with Crippen LogP contribution in [-0.2, 0) is 6.54 Å². The van der Waals surface area contributed by atoms with Crippen LogP contribution < -0.4 is 5.32 Å². The minimum absolute atomic E-state index is 0. The summed E-state index contributed by atoms with van der Waals surface area (Å²) in [5.41, 5.74) is 1.14. The third-order valence-electron chi connectivity index (χ3n) is 3.77. The van der Waals surface area contributed by atoms with Gasteiger partial charge in [-0.3, -0.25) is 4.90 Å². The van der Waals surface area contributed by atoms with Gasteiger partial charge in [-0.15, -0.1) is 36.2 Å². The van der Waals surface area contributed by atoms with Gasteiger partial charge >= 0.3 is 0 Å². The monoisotopic (exact) mass is 347 g/mol. The van der Waals surface area contributed by atoms with Crippen LogP contribution in [0.15, 0.2) is 24.3 Å². The van der Waals surface area contributed by atoms with E-state index in [4.69, 9.17) is 4.98 Å². The molecule has 1 N–H and O–H groups in total. The summed E-state index contributed by atoms with van der Waals surface area (Å²) < 4.78 is 1.31. The highest BCUT2D eigenvalue weighted by Gasteiger charge is 2.22. The highest BCUT2D eigenvalue weighted by molar-refractivity contribution is 7.18. The molecule has 3 rings (SSSR count). The van der Waals surface area contributed by atoms with Gasteiger partial charge in [-0.2, -0.15) is 0 Å². The van der Waals surface area contributed by atoms with E-state index in [9.17, 15) is 0 Å². The molecule has 0 radical (unpaired) electrons. The summed E-state index contributed by atoms with van der Waals surface area (Å²) in [4.78, 5) is 7.35. The average Bonchev–Trinajstić information content (AvgIpc) is 2.83. The lowest BCUT2D eigenvalue weighted by molar-refractivity contribution is 0.144. The van der Waals surface area contributed by atoms with Gasteiger partial charge in [-0.1, -0.05) is 25.5 Å². The summed E-state index contributed by atoms with van der Waals surface area (Å²) in [7, 11) is 0. The Bertz CT molecular complexity index is 511.